The van der Waals surface area contributed by atoms with Crippen LogP contribution in [0.4, 0.5) is 18.9 Å². The van der Waals surface area contributed by atoms with Crippen LogP contribution in [0.1, 0.15) is 49.8 Å². The van der Waals surface area contributed by atoms with E-state index < -0.39 is 49.6 Å². The first kappa shape index (κ1) is 23.7. The van der Waals surface area contributed by atoms with Crippen LogP contribution >= 0.6 is 11.6 Å². The summed E-state index contributed by atoms with van der Waals surface area (Å²) in [5.41, 5.74) is 4.83. The Morgan fingerprint density at radius 3 is 2.73 bits per heavy atom. The molecular weight excluding hydrogens is 481 g/mol. The Hall–Kier alpha value is -2.44. The largest absolute Gasteiger partial charge is 0.386 e. The number of thiol groups is 1. The number of hydrogen-bond donors (Lipinski definition) is 4. The summed E-state index contributed by atoms with van der Waals surface area (Å²) in [4.78, 5) is 17.2. The van der Waals surface area contributed by atoms with Crippen molar-refractivity contribution in [2.75, 3.05) is 11.9 Å². The van der Waals surface area contributed by atoms with Crippen molar-refractivity contribution in [1.82, 2.24) is 14.5 Å². The number of nitrogens with two attached hydrogens (primary N) is 1. The minimum atomic E-state index is -3.10. The fourth-order valence-corrected chi connectivity index (χ4v) is 8.43. The van der Waals surface area contributed by atoms with Crippen LogP contribution in [0.3, 0.4) is 0 Å². The van der Waals surface area contributed by atoms with Crippen molar-refractivity contribution in [2.45, 2.75) is 49.3 Å². The first-order chi connectivity index (χ1) is 15.3. The second-order valence-electron chi connectivity index (χ2n) is 8.81. The van der Waals surface area contributed by atoms with E-state index in [1.807, 2.05) is 0 Å². The molecule has 1 amide bonds. The number of hydrogen-bond acceptors (Lipinski definition) is 5. The maximum absolute atomic E-state index is 15.1. The SMILES string of the molecule is CC1(C)C(N)=N[C@@](C)(c2cc(NC(=O)c3nn(C(F)F)cc3Cl)ccc2F)[C@@H]2CCN[SH]21=O. The first-order valence-corrected chi connectivity index (χ1v) is 12.3. The van der Waals surface area contributed by atoms with Gasteiger partial charge in [0.2, 0.25) is 0 Å². The maximum Gasteiger partial charge on any atom is 0.333 e. The number of fused-ring (bicyclic) bond motifs is 1. The van der Waals surface area contributed by atoms with Crippen molar-refractivity contribution in [3.05, 3.63) is 46.5 Å². The highest BCUT2D eigenvalue weighted by Crippen LogP contribution is 2.49. The fourth-order valence-electron chi connectivity index (χ4n) is 4.56. The van der Waals surface area contributed by atoms with E-state index in [1.165, 1.54) is 12.1 Å². The minimum absolute atomic E-state index is 0.108. The van der Waals surface area contributed by atoms with Gasteiger partial charge in [0.15, 0.2) is 5.69 Å². The van der Waals surface area contributed by atoms with E-state index in [9.17, 15) is 17.8 Å². The molecule has 1 saturated heterocycles. The molecule has 3 heterocycles. The molecule has 2 aliphatic heterocycles. The van der Waals surface area contributed by atoms with Crippen molar-refractivity contribution in [3.63, 3.8) is 0 Å². The average molecular weight is 505 g/mol. The molecule has 0 unspecified atom stereocenters. The third-order valence-electron chi connectivity index (χ3n) is 6.53. The number of rotatable bonds is 4. The van der Waals surface area contributed by atoms with Gasteiger partial charge in [0.1, 0.15) is 17.2 Å². The zero-order valence-corrected chi connectivity index (χ0v) is 19.7. The summed E-state index contributed by atoms with van der Waals surface area (Å²) in [5.74, 6) is -1.30. The number of amides is 1. The molecule has 2 atom stereocenters. The standard InChI is InChI=1S/C20H24ClF3N6O2S/c1-19(2)17(25)28-20(3,14-6-7-26-33(14,19)32)11-8-10(4-5-13(11)22)27-16(31)15-12(21)9-30(29-15)18(23)24/h4-5,8-9,14,18,33H,6-7H2,1-3H3,(H2,25,28)(H,26,32)(H,27,31)/t14-,20-/m0/s1. The van der Waals surface area contributed by atoms with Crippen molar-refractivity contribution < 1.29 is 22.2 Å². The molecule has 0 bridgehead atoms. The summed E-state index contributed by atoms with van der Waals surface area (Å²) in [6.07, 6.45) is 1.34. The van der Waals surface area contributed by atoms with Gasteiger partial charge < -0.3 is 11.1 Å². The number of nitrogens with one attached hydrogen (secondary N) is 2. The monoisotopic (exact) mass is 504 g/mol. The van der Waals surface area contributed by atoms with Crippen molar-refractivity contribution in [3.8, 4) is 0 Å². The number of carbonyl (C=O) groups is 1. The van der Waals surface area contributed by atoms with Crippen LogP contribution in [-0.2, 0) is 15.7 Å². The molecule has 0 spiro atoms. The third kappa shape index (κ3) is 3.55. The lowest BCUT2D eigenvalue weighted by Crippen LogP contribution is -2.64. The number of halogens is 4. The average Bonchev–Trinajstić information content (AvgIpc) is 3.33. The van der Waals surface area contributed by atoms with Crippen molar-refractivity contribution in [2.24, 2.45) is 10.7 Å². The smallest absolute Gasteiger partial charge is 0.333 e. The Morgan fingerprint density at radius 1 is 1.39 bits per heavy atom. The fraction of sp³-hybridized carbons (Fsp3) is 0.450. The summed E-state index contributed by atoms with van der Waals surface area (Å²) in [5, 5.41) is 5.22. The van der Waals surface area contributed by atoms with E-state index >= 15 is 4.39 Å². The molecule has 33 heavy (non-hydrogen) atoms. The minimum Gasteiger partial charge on any atom is -0.386 e. The van der Waals surface area contributed by atoms with Gasteiger partial charge in [-0.2, -0.15) is 13.9 Å². The van der Waals surface area contributed by atoms with Crippen LogP contribution in [-0.4, -0.2) is 42.3 Å². The normalized spacial score (nSPS) is 26.5. The molecule has 0 saturated carbocycles. The number of carbonyl (C=O) groups excluding carboxylic acids is 1. The number of anilines is 1. The molecule has 1 aromatic carbocycles. The molecule has 2 aliphatic rings. The molecular formula is C20H24ClF3N6O2S. The Kier molecular flexibility index (Phi) is 5.61. The van der Waals surface area contributed by atoms with Crippen molar-refractivity contribution >= 4 is 39.1 Å². The van der Waals surface area contributed by atoms with Crippen molar-refractivity contribution in [1.29, 1.82) is 0 Å². The summed E-state index contributed by atoms with van der Waals surface area (Å²) in [7, 11) is -3.10. The first-order valence-electron chi connectivity index (χ1n) is 10.2. The summed E-state index contributed by atoms with van der Waals surface area (Å²) < 4.78 is 57.2. The van der Waals surface area contributed by atoms with Gasteiger partial charge in [0, 0.05) is 17.8 Å². The van der Waals surface area contributed by atoms with Gasteiger partial charge in [-0.25, -0.2) is 9.07 Å². The van der Waals surface area contributed by atoms with E-state index in [4.69, 9.17) is 17.3 Å². The van der Waals surface area contributed by atoms with Gasteiger partial charge >= 0.3 is 6.55 Å². The molecule has 8 nitrogen and oxygen atoms in total. The molecule has 13 heteroatoms. The number of aromatic nitrogens is 2. The predicted octanol–water partition coefficient (Wildman–Crippen LogP) is 2.98. The Morgan fingerprint density at radius 2 is 2.09 bits per heavy atom. The molecule has 4 N–H and O–H groups in total. The molecule has 0 radical (unpaired) electrons. The molecule has 0 aliphatic carbocycles. The van der Waals surface area contributed by atoms with E-state index in [0.29, 0.717) is 13.0 Å². The topological polar surface area (TPSA) is 114 Å². The molecule has 4 rings (SSSR count). The number of amidine groups is 1. The lowest BCUT2D eigenvalue weighted by atomic mass is 9.86. The number of alkyl halides is 2. The lowest BCUT2D eigenvalue weighted by Gasteiger charge is -2.50. The molecule has 2 aromatic rings. The van der Waals surface area contributed by atoms with Gasteiger partial charge in [-0.1, -0.05) is 11.6 Å². The van der Waals surface area contributed by atoms with E-state index in [1.54, 1.807) is 20.8 Å². The highest BCUT2D eigenvalue weighted by molar-refractivity contribution is 8.04. The van der Waals surface area contributed by atoms with Gasteiger partial charge in [-0.3, -0.25) is 18.7 Å². The van der Waals surface area contributed by atoms with E-state index in [0.717, 1.165) is 12.3 Å². The summed E-state index contributed by atoms with van der Waals surface area (Å²) in [6.45, 7) is 2.70. The molecule has 1 fully saturated rings. The van der Waals surface area contributed by atoms with Gasteiger partial charge in [0.05, 0.1) is 21.2 Å². The number of nitrogens with zero attached hydrogens (tertiary/aromatic N) is 3. The Labute approximate surface area is 194 Å². The summed E-state index contributed by atoms with van der Waals surface area (Å²) in [6, 6.07) is 3.84. The Balaban J connectivity index is 1.73. The highest BCUT2D eigenvalue weighted by atomic mass is 35.5. The quantitative estimate of drug-likeness (QED) is 0.479. The highest BCUT2D eigenvalue weighted by Gasteiger charge is 2.58. The van der Waals surface area contributed by atoms with Crippen LogP contribution in [0.2, 0.25) is 5.02 Å². The predicted molar refractivity (Wildman–Crippen MR) is 122 cm³/mol. The Bertz CT molecular complexity index is 1220. The summed E-state index contributed by atoms with van der Waals surface area (Å²) >= 11 is 5.86. The second-order valence-corrected chi connectivity index (χ2v) is 12.6. The van der Waals surface area contributed by atoms with E-state index in [-0.39, 0.29) is 26.8 Å². The zero-order valence-electron chi connectivity index (χ0n) is 18.1. The van der Waals surface area contributed by atoms with Crippen LogP contribution in [0, 0.1) is 5.82 Å². The maximum atomic E-state index is 15.1. The van der Waals surface area contributed by atoms with Crippen LogP contribution in [0.25, 0.3) is 0 Å². The second kappa shape index (κ2) is 7.81. The van der Waals surface area contributed by atoms with Gasteiger partial charge in [-0.15, -0.1) is 0 Å². The molecule has 1 aromatic heterocycles. The van der Waals surface area contributed by atoms with Gasteiger partial charge in [0.25, 0.3) is 5.91 Å². The number of aliphatic imine (C=N–C) groups is 1. The third-order valence-corrected chi connectivity index (χ3v) is 11.0. The lowest BCUT2D eigenvalue weighted by molar-refractivity contribution is 0.0561. The van der Waals surface area contributed by atoms with Crippen LogP contribution in [0.5, 0.6) is 0 Å². The molecule has 180 valence electrons. The van der Waals surface area contributed by atoms with Gasteiger partial charge in [-0.05, 0) is 55.5 Å². The van der Waals surface area contributed by atoms with E-state index in [2.05, 4.69) is 20.1 Å². The number of benzene rings is 1. The zero-order chi connectivity index (χ0) is 24.3. The van der Waals surface area contributed by atoms with Crippen LogP contribution < -0.4 is 15.8 Å². The van der Waals surface area contributed by atoms with Crippen LogP contribution in [0.15, 0.2) is 29.4 Å².